The lowest BCUT2D eigenvalue weighted by molar-refractivity contribution is -0.121. The number of ketones is 2. The summed E-state index contributed by atoms with van der Waals surface area (Å²) in [6, 6.07) is 24.8. The molecule has 3 aromatic heterocycles. The van der Waals surface area contributed by atoms with Crippen LogP contribution in [0.2, 0.25) is 0 Å². The number of hydrogen-bond acceptors (Lipinski definition) is 7. The van der Waals surface area contributed by atoms with E-state index in [1.54, 1.807) is 30.7 Å². The maximum atomic E-state index is 14.6. The third-order valence-corrected chi connectivity index (χ3v) is 8.78. The van der Waals surface area contributed by atoms with Gasteiger partial charge in [0.15, 0.2) is 0 Å². The third-order valence-electron chi connectivity index (χ3n) is 8.78. The van der Waals surface area contributed by atoms with Crippen molar-refractivity contribution in [2.45, 2.75) is 30.3 Å². The number of carbonyl (C=O) groups is 2. The Bertz CT molecular complexity index is 1770. The number of furan rings is 1. The van der Waals surface area contributed by atoms with Gasteiger partial charge < -0.3 is 4.42 Å². The van der Waals surface area contributed by atoms with Crippen LogP contribution < -0.4 is 0 Å². The van der Waals surface area contributed by atoms with Gasteiger partial charge in [-0.25, -0.2) is 9.97 Å². The molecule has 4 atom stereocenters. The topological polar surface area (TPSA) is 89.2 Å². The molecule has 2 fully saturated rings. The molecule has 0 amide bonds. The highest BCUT2D eigenvalue weighted by Crippen LogP contribution is 2.64. The van der Waals surface area contributed by atoms with Crippen molar-refractivity contribution >= 4 is 22.6 Å². The molecule has 7 nitrogen and oxygen atoms in total. The maximum Gasteiger partial charge on any atom is 0.247 e. The second-order valence-corrected chi connectivity index (χ2v) is 10.6. The van der Waals surface area contributed by atoms with Crippen molar-refractivity contribution < 1.29 is 14.0 Å². The van der Waals surface area contributed by atoms with Gasteiger partial charge in [0, 0.05) is 23.7 Å². The molecule has 0 bridgehead atoms. The van der Waals surface area contributed by atoms with E-state index in [2.05, 4.69) is 22.0 Å². The second-order valence-electron chi connectivity index (χ2n) is 10.6. The zero-order chi connectivity index (χ0) is 26.1. The van der Waals surface area contributed by atoms with E-state index in [1.165, 1.54) is 0 Å². The molecule has 4 unspecified atom stereocenters. The minimum Gasteiger partial charge on any atom is -0.469 e. The predicted molar refractivity (Wildman–Crippen MR) is 144 cm³/mol. The standard InChI is InChI=1S/C32H24N4O3/c37-29(23-13-5-6-16-33-23)30(38)27-26(25-15-8-18-39-25)24-14-7-17-36(24)32(27)20-10-2-1-9-19(20)28-31(32)35-22-12-4-3-11-21(22)34-28/h1-6,8-13,15-16,18,24,26-27H,7,14,17H2. The second kappa shape index (κ2) is 8.25. The van der Waals surface area contributed by atoms with E-state index in [1.807, 2.05) is 48.5 Å². The molecule has 190 valence electrons. The minimum atomic E-state index is -0.955. The van der Waals surface area contributed by atoms with Crippen LogP contribution in [0.1, 0.15) is 46.3 Å². The molecule has 2 aliphatic heterocycles. The van der Waals surface area contributed by atoms with Gasteiger partial charge in [-0.2, -0.15) is 0 Å². The largest absolute Gasteiger partial charge is 0.469 e. The Morgan fingerprint density at radius 3 is 2.49 bits per heavy atom. The smallest absolute Gasteiger partial charge is 0.247 e. The molecule has 39 heavy (non-hydrogen) atoms. The van der Waals surface area contributed by atoms with Gasteiger partial charge in [0.2, 0.25) is 11.6 Å². The van der Waals surface area contributed by atoms with Crippen molar-refractivity contribution in [3.63, 3.8) is 0 Å². The number of rotatable bonds is 4. The molecule has 3 aliphatic rings. The van der Waals surface area contributed by atoms with Crippen molar-refractivity contribution in [2.75, 3.05) is 6.54 Å². The van der Waals surface area contributed by atoms with Crippen molar-refractivity contribution in [1.29, 1.82) is 0 Å². The Balaban J connectivity index is 1.45. The molecular weight excluding hydrogens is 488 g/mol. The van der Waals surface area contributed by atoms with E-state index in [4.69, 9.17) is 14.4 Å². The van der Waals surface area contributed by atoms with Crippen molar-refractivity contribution in [3.05, 3.63) is 114 Å². The van der Waals surface area contributed by atoms with Crippen LogP contribution in [0.5, 0.6) is 0 Å². The Morgan fingerprint density at radius 1 is 0.897 bits per heavy atom. The lowest BCUT2D eigenvalue weighted by atomic mass is 9.69. The van der Waals surface area contributed by atoms with E-state index in [0.717, 1.165) is 58.7 Å². The number of nitrogens with zero attached hydrogens (tertiary/aromatic N) is 4. The molecule has 0 saturated carbocycles. The normalized spacial score (nSPS) is 25.1. The summed E-state index contributed by atoms with van der Waals surface area (Å²) in [5.41, 5.74) is 4.22. The first kappa shape index (κ1) is 22.5. The summed E-state index contributed by atoms with van der Waals surface area (Å²) >= 11 is 0. The maximum absolute atomic E-state index is 14.6. The molecule has 0 N–H and O–H groups in total. The predicted octanol–water partition coefficient (Wildman–Crippen LogP) is 5.17. The molecule has 2 saturated heterocycles. The highest BCUT2D eigenvalue weighted by atomic mass is 16.3. The van der Waals surface area contributed by atoms with Crippen LogP contribution in [-0.2, 0) is 10.3 Å². The first-order valence-corrected chi connectivity index (χ1v) is 13.4. The van der Waals surface area contributed by atoms with Crippen LogP contribution in [-0.4, -0.2) is 44.0 Å². The van der Waals surface area contributed by atoms with Gasteiger partial charge in [0.1, 0.15) is 17.0 Å². The van der Waals surface area contributed by atoms with Crippen LogP contribution >= 0.6 is 0 Å². The number of hydrogen-bond donors (Lipinski definition) is 0. The van der Waals surface area contributed by atoms with Gasteiger partial charge in [-0.15, -0.1) is 0 Å². The number of pyridine rings is 1. The first-order chi connectivity index (χ1) is 19.2. The van der Waals surface area contributed by atoms with Crippen molar-refractivity contribution in [2.24, 2.45) is 5.92 Å². The lowest BCUT2D eigenvalue weighted by Gasteiger charge is -2.39. The van der Waals surface area contributed by atoms with E-state index in [9.17, 15) is 9.59 Å². The molecule has 7 heteroatoms. The van der Waals surface area contributed by atoms with Crippen LogP contribution in [0.3, 0.4) is 0 Å². The highest BCUT2D eigenvalue weighted by molar-refractivity contribution is 6.44. The van der Waals surface area contributed by atoms with Gasteiger partial charge in [-0.05, 0) is 61.3 Å². The van der Waals surface area contributed by atoms with Crippen LogP contribution in [0.4, 0.5) is 0 Å². The van der Waals surface area contributed by atoms with Gasteiger partial charge in [-0.3, -0.25) is 19.5 Å². The van der Waals surface area contributed by atoms with Crippen molar-refractivity contribution in [1.82, 2.24) is 19.9 Å². The average molecular weight is 513 g/mol. The molecular formula is C32H24N4O3. The van der Waals surface area contributed by atoms with Gasteiger partial charge in [0.25, 0.3) is 0 Å². The zero-order valence-corrected chi connectivity index (χ0v) is 21.0. The minimum absolute atomic E-state index is 0.00825. The van der Waals surface area contributed by atoms with Gasteiger partial charge >= 0.3 is 0 Å². The monoisotopic (exact) mass is 512 g/mol. The Kier molecular flexibility index (Phi) is 4.76. The summed E-state index contributed by atoms with van der Waals surface area (Å²) < 4.78 is 6.00. The van der Waals surface area contributed by atoms with Crippen LogP contribution in [0.25, 0.3) is 22.3 Å². The molecule has 2 aromatic carbocycles. The average Bonchev–Trinajstić information content (AvgIpc) is 3.77. The highest BCUT2D eigenvalue weighted by Gasteiger charge is 2.69. The fraction of sp³-hybridized carbons (Fsp3) is 0.219. The first-order valence-electron chi connectivity index (χ1n) is 13.4. The van der Waals surface area contributed by atoms with Crippen molar-refractivity contribution in [3.8, 4) is 11.3 Å². The summed E-state index contributed by atoms with van der Waals surface area (Å²) in [7, 11) is 0. The number of aromatic nitrogens is 3. The molecule has 5 heterocycles. The summed E-state index contributed by atoms with van der Waals surface area (Å²) in [6.45, 7) is 0.783. The Labute approximate surface area is 224 Å². The molecule has 0 radical (unpaired) electrons. The van der Waals surface area contributed by atoms with E-state index in [0.29, 0.717) is 0 Å². The summed E-state index contributed by atoms with van der Waals surface area (Å²) in [6.07, 6.45) is 5.07. The van der Waals surface area contributed by atoms with E-state index < -0.39 is 23.0 Å². The van der Waals surface area contributed by atoms with Gasteiger partial charge in [0.05, 0.1) is 34.6 Å². The SMILES string of the molecule is O=C(C(=O)C1C(c2ccco2)C2CCCN2C12c1ccccc1-c1nc3ccccc3nc12)c1ccccn1. The summed E-state index contributed by atoms with van der Waals surface area (Å²) in [4.78, 5) is 45.5. The number of Topliss-reactive ketones (excluding diaryl/α,β-unsaturated/α-hetero) is 2. The lowest BCUT2D eigenvalue weighted by Crippen LogP contribution is -2.49. The fourth-order valence-corrected chi connectivity index (χ4v) is 7.43. The van der Waals surface area contributed by atoms with E-state index in [-0.39, 0.29) is 17.7 Å². The quantitative estimate of drug-likeness (QED) is 0.242. The third kappa shape index (κ3) is 2.93. The van der Waals surface area contributed by atoms with Crippen LogP contribution in [0, 0.1) is 5.92 Å². The molecule has 1 spiro atoms. The summed E-state index contributed by atoms with van der Waals surface area (Å²) in [5, 5.41) is 0. The molecule has 1 aliphatic carbocycles. The Hall–Kier alpha value is -4.49. The number of fused-ring (bicyclic) bond motifs is 8. The van der Waals surface area contributed by atoms with E-state index >= 15 is 0 Å². The molecule has 8 rings (SSSR count). The Morgan fingerprint density at radius 2 is 1.69 bits per heavy atom. The summed E-state index contributed by atoms with van der Waals surface area (Å²) in [5.74, 6) is -1.42. The fourth-order valence-electron chi connectivity index (χ4n) is 7.43. The molecule has 5 aromatic rings. The van der Waals surface area contributed by atoms with Gasteiger partial charge in [-0.1, -0.05) is 42.5 Å². The zero-order valence-electron chi connectivity index (χ0n) is 21.0. The van der Waals surface area contributed by atoms with Crippen LogP contribution in [0.15, 0.2) is 95.7 Å². The number of para-hydroxylation sites is 2. The number of benzene rings is 2. The number of carbonyl (C=O) groups excluding carboxylic acids is 2.